The molecule has 30 heavy (non-hydrogen) atoms. The van der Waals surface area contributed by atoms with Crippen molar-refractivity contribution < 1.29 is 18.5 Å². The highest BCUT2D eigenvalue weighted by Crippen LogP contribution is 2.28. The fraction of sp³-hybridized carbons (Fsp3) is 0.136. The predicted octanol–water partition coefficient (Wildman–Crippen LogP) is 4.76. The van der Waals surface area contributed by atoms with Gasteiger partial charge in [0.05, 0.1) is 4.92 Å². The van der Waals surface area contributed by atoms with Gasteiger partial charge in [0.2, 0.25) is 0 Å². The van der Waals surface area contributed by atoms with Crippen molar-refractivity contribution in [2.24, 2.45) is 0 Å². The molecule has 0 aliphatic heterocycles. The van der Waals surface area contributed by atoms with E-state index in [4.69, 9.17) is 4.42 Å². The first-order valence-electron chi connectivity index (χ1n) is 9.31. The van der Waals surface area contributed by atoms with Gasteiger partial charge >= 0.3 is 0 Å². The first kappa shape index (κ1) is 19.4. The van der Waals surface area contributed by atoms with E-state index in [0.29, 0.717) is 29.9 Å². The second-order valence-electron chi connectivity index (χ2n) is 6.94. The van der Waals surface area contributed by atoms with E-state index in [-0.39, 0.29) is 23.2 Å². The summed E-state index contributed by atoms with van der Waals surface area (Å²) in [6.07, 6.45) is 2.32. The Kier molecular flexibility index (Phi) is 5.05. The van der Waals surface area contributed by atoms with Crippen molar-refractivity contribution >= 4 is 22.5 Å². The smallest absolute Gasteiger partial charge is 0.287 e. The second-order valence-corrected chi connectivity index (χ2v) is 6.94. The van der Waals surface area contributed by atoms with Gasteiger partial charge in [0.15, 0.2) is 5.76 Å². The number of fused-ring (bicyclic) bond motifs is 1. The number of nitrogens with zero attached hydrogens (tertiary/aromatic N) is 1. The Balaban J connectivity index is 1.45. The molecular formula is C22H18FN3O4. The topological polar surface area (TPSA) is 101 Å². The molecule has 0 atom stereocenters. The molecule has 4 rings (SSSR count). The number of non-ortho nitro benzene ring substituents is 1. The number of aryl methyl sites for hydroxylation is 1. The Hall–Kier alpha value is -3.94. The van der Waals surface area contributed by atoms with Crippen molar-refractivity contribution in [2.45, 2.75) is 13.3 Å². The fourth-order valence-electron chi connectivity index (χ4n) is 3.37. The summed E-state index contributed by atoms with van der Waals surface area (Å²) in [5, 5.41) is 14.6. The van der Waals surface area contributed by atoms with Crippen molar-refractivity contribution in [1.29, 1.82) is 0 Å². The van der Waals surface area contributed by atoms with Crippen molar-refractivity contribution in [3.63, 3.8) is 0 Å². The van der Waals surface area contributed by atoms with Crippen molar-refractivity contribution in [3.05, 3.63) is 87.5 Å². The van der Waals surface area contributed by atoms with Crippen LogP contribution in [0.5, 0.6) is 0 Å². The van der Waals surface area contributed by atoms with E-state index >= 15 is 0 Å². The first-order chi connectivity index (χ1) is 14.4. The molecule has 0 spiro atoms. The molecule has 2 aromatic carbocycles. The Morgan fingerprint density at radius 1 is 1.23 bits per heavy atom. The fourth-order valence-corrected chi connectivity index (χ4v) is 3.37. The summed E-state index contributed by atoms with van der Waals surface area (Å²) in [5.41, 5.74) is 2.83. The van der Waals surface area contributed by atoms with Gasteiger partial charge < -0.3 is 14.7 Å². The minimum Gasteiger partial charge on any atom is -0.451 e. The van der Waals surface area contributed by atoms with Crippen LogP contribution >= 0.6 is 0 Å². The molecule has 152 valence electrons. The number of halogens is 1. The van der Waals surface area contributed by atoms with Gasteiger partial charge in [-0.05, 0) is 43.2 Å². The maximum absolute atomic E-state index is 13.5. The standard InChI is InChI=1S/C22H18FN3O4/c1-13-9-20(14-3-2-4-17(10-14)26(28)29)30-21(13)22(27)24-8-7-15-12-25-19-6-5-16(23)11-18(15)19/h2-6,9-12,25H,7-8H2,1H3,(H,24,27). The van der Waals surface area contributed by atoms with E-state index in [1.54, 1.807) is 37.4 Å². The highest BCUT2D eigenvalue weighted by Gasteiger charge is 2.18. The third-order valence-corrected chi connectivity index (χ3v) is 4.87. The lowest BCUT2D eigenvalue weighted by Crippen LogP contribution is -2.25. The van der Waals surface area contributed by atoms with Crippen LogP contribution in [0.25, 0.3) is 22.2 Å². The molecule has 2 N–H and O–H groups in total. The molecule has 0 saturated carbocycles. The maximum Gasteiger partial charge on any atom is 0.287 e. The number of aromatic amines is 1. The minimum atomic E-state index is -0.483. The summed E-state index contributed by atoms with van der Waals surface area (Å²) in [6.45, 7) is 2.08. The number of rotatable bonds is 6. The van der Waals surface area contributed by atoms with E-state index in [0.717, 1.165) is 16.5 Å². The van der Waals surface area contributed by atoms with Gasteiger partial charge in [0.25, 0.3) is 11.6 Å². The lowest BCUT2D eigenvalue weighted by atomic mass is 10.1. The van der Waals surface area contributed by atoms with E-state index in [2.05, 4.69) is 10.3 Å². The summed E-state index contributed by atoms with van der Waals surface area (Å²) in [7, 11) is 0. The molecule has 2 heterocycles. The molecule has 0 aliphatic rings. The molecule has 0 fully saturated rings. The number of furan rings is 1. The number of aromatic nitrogens is 1. The van der Waals surface area contributed by atoms with Gasteiger partial charge in [-0.1, -0.05) is 12.1 Å². The average Bonchev–Trinajstić information content (AvgIpc) is 3.31. The minimum absolute atomic E-state index is 0.0530. The molecule has 7 nitrogen and oxygen atoms in total. The number of nitro benzene ring substituents is 1. The Labute approximate surface area is 170 Å². The molecule has 0 bridgehead atoms. The number of hydrogen-bond donors (Lipinski definition) is 2. The largest absolute Gasteiger partial charge is 0.451 e. The molecule has 0 unspecified atom stereocenters. The highest BCUT2D eigenvalue weighted by molar-refractivity contribution is 5.93. The van der Waals surface area contributed by atoms with Crippen molar-refractivity contribution in [2.75, 3.05) is 6.54 Å². The lowest BCUT2D eigenvalue weighted by molar-refractivity contribution is -0.384. The zero-order chi connectivity index (χ0) is 21.3. The highest BCUT2D eigenvalue weighted by atomic mass is 19.1. The zero-order valence-electron chi connectivity index (χ0n) is 16.1. The SMILES string of the molecule is Cc1cc(-c2cccc([N+](=O)[O-])c2)oc1C(=O)NCCc1c[nH]c2ccc(F)cc12. The van der Waals surface area contributed by atoms with E-state index in [1.165, 1.54) is 24.3 Å². The normalized spacial score (nSPS) is 11.0. The monoisotopic (exact) mass is 407 g/mol. The van der Waals surface area contributed by atoms with Gasteiger partial charge in [0, 0.05) is 46.9 Å². The summed E-state index contributed by atoms with van der Waals surface area (Å²) in [5.74, 6) is -0.155. The Morgan fingerprint density at radius 3 is 2.87 bits per heavy atom. The van der Waals surface area contributed by atoms with Crippen LogP contribution in [0.4, 0.5) is 10.1 Å². The van der Waals surface area contributed by atoms with Gasteiger partial charge in [-0.2, -0.15) is 0 Å². The average molecular weight is 407 g/mol. The number of benzene rings is 2. The van der Waals surface area contributed by atoms with Crippen LogP contribution in [0, 0.1) is 22.9 Å². The number of nitrogens with one attached hydrogen (secondary N) is 2. The first-order valence-corrected chi connectivity index (χ1v) is 9.31. The lowest BCUT2D eigenvalue weighted by Gasteiger charge is -2.04. The Bertz CT molecular complexity index is 1260. The van der Waals surface area contributed by atoms with Gasteiger partial charge in [-0.3, -0.25) is 14.9 Å². The molecule has 8 heteroatoms. The summed E-state index contributed by atoms with van der Waals surface area (Å²) < 4.78 is 19.2. The van der Waals surface area contributed by atoms with E-state index in [9.17, 15) is 19.3 Å². The third kappa shape index (κ3) is 3.80. The molecule has 0 radical (unpaired) electrons. The van der Waals surface area contributed by atoms with Crippen LogP contribution in [0.3, 0.4) is 0 Å². The number of amides is 1. The molecule has 2 aromatic heterocycles. The van der Waals surface area contributed by atoms with Gasteiger partial charge in [-0.25, -0.2) is 4.39 Å². The summed E-state index contributed by atoms with van der Waals surface area (Å²) in [6, 6.07) is 12.2. The van der Waals surface area contributed by atoms with Crippen molar-refractivity contribution in [3.8, 4) is 11.3 Å². The number of nitro groups is 1. The van der Waals surface area contributed by atoms with E-state index < -0.39 is 4.92 Å². The van der Waals surface area contributed by atoms with E-state index in [1.807, 2.05) is 0 Å². The number of H-pyrrole nitrogens is 1. The van der Waals surface area contributed by atoms with Crippen molar-refractivity contribution in [1.82, 2.24) is 10.3 Å². The molecule has 1 amide bonds. The van der Waals surface area contributed by atoms with Crippen LogP contribution < -0.4 is 5.32 Å². The zero-order valence-corrected chi connectivity index (χ0v) is 16.1. The molecule has 0 saturated heterocycles. The molecule has 0 aliphatic carbocycles. The van der Waals surface area contributed by atoms with Crippen LogP contribution in [0.2, 0.25) is 0 Å². The summed E-state index contributed by atoms with van der Waals surface area (Å²) >= 11 is 0. The quantitative estimate of drug-likeness (QED) is 0.355. The van der Waals surface area contributed by atoms with Crippen LogP contribution in [-0.4, -0.2) is 22.4 Å². The van der Waals surface area contributed by atoms with Crippen LogP contribution in [0.15, 0.2) is 59.1 Å². The number of hydrogen-bond acceptors (Lipinski definition) is 4. The van der Waals surface area contributed by atoms with Gasteiger partial charge in [-0.15, -0.1) is 0 Å². The Morgan fingerprint density at radius 2 is 2.07 bits per heavy atom. The van der Waals surface area contributed by atoms with Crippen LogP contribution in [0.1, 0.15) is 21.7 Å². The number of carbonyl (C=O) groups excluding carboxylic acids is 1. The third-order valence-electron chi connectivity index (χ3n) is 4.87. The second kappa shape index (κ2) is 7.82. The van der Waals surface area contributed by atoms with Crippen LogP contribution in [-0.2, 0) is 6.42 Å². The predicted molar refractivity (Wildman–Crippen MR) is 110 cm³/mol. The maximum atomic E-state index is 13.5. The molecular weight excluding hydrogens is 389 g/mol. The van der Waals surface area contributed by atoms with Gasteiger partial charge in [0.1, 0.15) is 11.6 Å². The number of carbonyl (C=O) groups is 1. The summed E-state index contributed by atoms with van der Waals surface area (Å²) in [4.78, 5) is 26.1. The molecule has 4 aromatic rings.